The molecule has 0 saturated carbocycles. The monoisotopic (exact) mass is 350 g/mol. The van der Waals surface area contributed by atoms with Gasteiger partial charge in [-0.15, -0.1) is 0 Å². The summed E-state index contributed by atoms with van der Waals surface area (Å²) in [6, 6.07) is 14.9. The van der Waals surface area contributed by atoms with Gasteiger partial charge in [0.2, 0.25) is 0 Å². The molecule has 0 spiro atoms. The van der Waals surface area contributed by atoms with Gasteiger partial charge >= 0.3 is 6.09 Å². The molecule has 3 aromatic rings. The minimum Gasteiger partial charge on any atom is -0.410 e. The first-order valence-electron chi connectivity index (χ1n) is 7.67. The molecule has 2 N–H and O–H groups in total. The van der Waals surface area contributed by atoms with Gasteiger partial charge in [0.05, 0.1) is 5.69 Å². The van der Waals surface area contributed by atoms with E-state index in [1.54, 1.807) is 36.3 Å². The zero-order valence-corrected chi connectivity index (χ0v) is 13.9. The lowest BCUT2D eigenvalue weighted by Gasteiger charge is -2.19. The number of hydrogen-bond donors (Lipinski definition) is 2. The fraction of sp³-hybridized carbons (Fsp3) is 0.0556. The first-order valence-corrected chi connectivity index (χ1v) is 8.49. The summed E-state index contributed by atoms with van der Waals surface area (Å²) in [6.45, 7) is 0.374. The summed E-state index contributed by atoms with van der Waals surface area (Å²) in [6.07, 6.45) is 2.85. The second kappa shape index (κ2) is 6.82. The quantitative estimate of drug-likeness (QED) is 0.582. The van der Waals surface area contributed by atoms with Gasteiger partial charge < -0.3 is 15.4 Å². The molecule has 2 aromatic carbocycles. The minimum atomic E-state index is -0.484. The molecule has 0 fully saturated rings. The maximum Gasteiger partial charge on any atom is 0.412 e. The van der Waals surface area contributed by atoms with Gasteiger partial charge in [-0.2, -0.15) is 0 Å². The number of carbonyl (C=O) groups excluding carboxylic acids is 1. The van der Waals surface area contributed by atoms with Gasteiger partial charge in [-0.05, 0) is 29.8 Å². The Kier molecular flexibility index (Phi) is 4.22. The van der Waals surface area contributed by atoms with Crippen molar-refractivity contribution in [3.63, 3.8) is 0 Å². The van der Waals surface area contributed by atoms with Crippen LogP contribution in [0, 0.1) is 0 Å². The maximum absolute atomic E-state index is 11.9. The summed E-state index contributed by atoms with van der Waals surface area (Å²) in [4.78, 5) is 21.5. The van der Waals surface area contributed by atoms with Gasteiger partial charge in [0, 0.05) is 23.8 Å². The Morgan fingerprint density at radius 3 is 2.84 bits per heavy atom. The van der Waals surface area contributed by atoms with Crippen molar-refractivity contribution in [2.45, 2.75) is 16.5 Å². The molecule has 1 amide bonds. The topological polar surface area (TPSA) is 76.1 Å². The van der Waals surface area contributed by atoms with Gasteiger partial charge in [-0.1, -0.05) is 36.0 Å². The van der Waals surface area contributed by atoms with Crippen molar-refractivity contribution in [1.29, 1.82) is 0 Å². The molecule has 0 atom stereocenters. The summed E-state index contributed by atoms with van der Waals surface area (Å²) >= 11 is 1.57. The second-order valence-electron chi connectivity index (χ2n) is 5.32. The lowest BCUT2D eigenvalue weighted by molar-refractivity contribution is 0.200. The van der Waals surface area contributed by atoms with E-state index in [2.05, 4.69) is 20.6 Å². The van der Waals surface area contributed by atoms with Crippen molar-refractivity contribution < 1.29 is 9.53 Å². The highest BCUT2D eigenvalue weighted by atomic mass is 32.2. The summed E-state index contributed by atoms with van der Waals surface area (Å²) in [7, 11) is 0. The largest absolute Gasteiger partial charge is 0.412 e. The van der Waals surface area contributed by atoms with Gasteiger partial charge in [-0.3, -0.25) is 0 Å². The van der Waals surface area contributed by atoms with Crippen LogP contribution in [0.15, 0.2) is 70.8 Å². The number of nitrogens with one attached hydrogen (secondary N) is 2. The number of benzene rings is 2. The van der Waals surface area contributed by atoms with Crippen LogP contribution in [-0.4, -0.2) is 16.1 Å². The third-order valence-corrected chi connectivity index (χ3v) is 4.63. The highest BCUT2D eigenvalue weighted by molar-refractivity contribution is 7.99. The van der Waals surface area contributed by atoms with E-state index in [1.165, 1.54) is 0 Å². The molecule has 1 aliphatic rings. The Bertz CT molecular complexity index is 918. The van der Waals surface area contributed by atoms with Gasteiger partial charge in [-0.25, -0.2) is 14.8 Å². The molecule has 7 heteroatoms. The Hall–Kier alpha value is -3.06. The number of para-hydroxylation sites is 1. The minimum absolute atomic E-state index is 0.374. The summed E-state index contributed by atoms with van der Waals surface area (Å²) in [5, 5.41) is 6.87. The molecule has 0 bridgehead atoms. The SMILES string of the molecule is O=C(NCc1ccc2c(c1)Nc1nccnc1S2)Oc1ccccc1. The number of anilines is 2. The standard InChI is InChI=1S/C18H14N4O2S/c23-18(24-13-4-2-1-3-5-13)21-11-12-6-7-15-14(10-12)22-16-17(25-15)20-9-8-19-16/h1-10H,11H2,(H,19,22)(H,21,23). The lowest BCUT2D eigenvalue weighted by Crippen LogP contribution is -2.26. The molecular weight excluding hydrogens is 336 g/mol. The van der Waals surface area contributed by atoms with Crippen molar-refractivity contribution in [2.75, 3.05) is 5.32 Å². The van der Waals surface area contributed by atoms with Crippen molar-refractivity contribution in [1.82, 2.24) is 15.3 Å². The molecule has 6 nitrogen and oxygen atoms in total. The van der Waals surface area contributed by atoms with Crippen LogP contribution < -0.4 is 15.4 Å². The van der Waals surface area contributed by atoms with E-state index in [0.717, 1.165) is 27.0 Å². The van der Waals surface area contributed by atoms with Crippen LogP contribution in [-0.2, 0) is 6.54 Å². The molecule has 0 radical (unpaired) electrons. The van der Waals surface area contributed by atoms with E-state index >= 15 is 0 Å². The van der Waals surface area contributed by atoms with Gasteiger partial charge in [0.25, 0.3) is 0 Å². The summed E-state index contributed by atoms with van der Waals surface area (Å²) in [5.41, 5.74) is 1.91. The second-order valence-corrected chi connectivity index (χ2v) is 6.35. The van der Waals surface area contributed by atoms with Crippen molar-refractivity contribution >= 4 is 29.4 Å². The van der Waals surface area contributed by atoms with Crippen LogP contribution in [0.4, 0.5) is 16.3 Å². The van der Waals surface area contributed by atoms with E-state index in [0.29, 0.717) is 12.3 Å². The molecule has 0 unspecified atom stereocenters. The van der Waals surface area contributed by atoms with Crippen molar-refractivity contribution in [2.24, 2.45) is 0 Å². The highest BCUT2D eigenvalue weighted by Crippen LogP contribution is 2.41. The van der Waals surface area contributed by atoms with Gasteiger partial charge in [0.1, 0.15) is 10.8 Å². The predicted molar refractivity (Wildman–Crippen MR) is 95.2 cm³/mol. The Balaban J connectivity index is 1.40. The van der Waals surface area contributed by atoms with Crippen LogP contribution in [0.3, 0.4) is 0 Å². The predicted octanol–water partition coefficient (Wildman–Crippen LogP) is 3.97. The molecule has 0 aliphatic carbocycles. The first kappa shape index (κ1) is 15.5. The first-order chi connectivity index (χ1) is 12.3. The number of ether oxygens (including phenoxy) is 1. The van der Waals surface area contributed by atoms with E-state index in [9.17, 15) is 4.79 Å². The molecule has 25 heavy (non-hydrogen) atoms. The van der Waals surface area contributed by atoms with E-state index in [-0.39, 0.29) is 0 Å². The average molecular weight is 350 g/mol. The van der Waals surface area contributed by atoms with Crippen molar-refractivity contribution in [3.8, 4) is 5.75 Å². The molecule has 4 rings (SSSR count). The number of nitrogens with zero attached hydrogens (tertiary/aromatic N) is 2. The Morgan fingerprint density at radius 2 is 1.96 bits per heavy atom. The van der Waals surface area contributed by atoms with E-state index < -0.39 is 6.09 Å². The van der Waals surface area contributed by atoms with Crippen molar-refractivity contribution in [3.05, 3.63) is 66.5 Å². The third kappa shape index (κ3) is 3.56. The van der Waals surface area contributed by atoms with E-state index in [4.69, 9.17) is 4.74 Å². The fourth-order valence-corrected chi connectivity index (χ4v) is 3.28. The number of rotatable bonds is 3. The highest BCUT2D eigenvalue weighted by Gasteiger charge is 2.17. The third-order valence-electron chi connectivity index (χ3n) is 3.56. The van der Waals surface area contributed by atoms with Crippen LogP contribution in [0.5, 0.6) is 5.75 Å². The molecule has 124 valence electrons. The zero-order chi connectivity index (χ0) is 17.1. The normalized spacial score (nSPS) is 11.7. The molecule has 1 aromatic heterocycles. The maximum atomic E-state index is 11.9. The Morgan fingerprint density at radius 1 is 1.12 bits per heavy atom. The number of amides is 1. The molecule has 2 heterocycles. The van der Waals surface area contributed by atoms with Crippen LogP contribution in [0.1, 0.15) is 5.56 Å². The smallest absolute Gasteiger partial charge is 0.410 e. The summed E-state index contributed by atoms with van der Waals surface area (Å²) < 4.78 is 5.21. The molecular formula is C18H14N4O2S. The van der Waals surface area contributed by atoms with Crippen LogP contribution >= 0.6 is 11.8 Å². The lowest BCUT2D eigenvalue weighted by atomic mass is 10.2. The number of aromatic nitrogens is 2. The Labute approximate surface area is 148 Å². The van der Waals surface area contributed by atoms with E-state index in [1.807, 2.05) is 36.4 Å². The van der Waals surface area contributed by atoms with Crippen LogP contribution in [0.2, 0.25) is 0 Å². The molecule has 0 saturated heterocycles. The fourth-order valence-electron chi connectivity index (χ4n) is 2.40. The van der Waals surface area contributed by atoms with Crippen LogP contribution in [0.25, 0.3) is 0 Å². The molecule has 1 aliphatic heterocycles. The summed E-state index contributed by atoms with van der Waals surface area (Å²) in [5.74, 6) is 1.26. The van der Waals surface area contributed by atoms with Gasteiger partial charge in [0.15, 0.2) is 5.82 Å². The number of carbonyl (C=O) groups is 1. The zero-order valence-electron chi connectivity index (χ0n) is 13.1. The average Bonchev–Trinajstić information content (AvgIpc) is 2.65. The number of hydrogen-bond acceptors (Lipinski definition) is 6. The number of fused-ring (bicyclic) bond motifs is 2.